The average molecular weight is 558 g/mol. The first-order valence-electron chi connectivity index (χ1n) is 14.3. The number of carbonyl (C=O) groups excluding carboxylic acids is 1. The molecule has 0 unspecified atom stereocenters. The molecule has 0 aliphatic carbocycles. The second kappa shape index (κ2) is 11.8. The van der Waals surface area contributed by atoms with Crippen molar-refractivity contribution in [1.82, 2.24) is 35.0 Å². The SMILES string of the molecule is CCC(CC)N1CCN(c2cncc(-c3cn(-c4cc(C(=O)Nc5cc(C(C)(C)C)on5)cnc4C)nn3)c2)CC1. The van der Waals surface area contributed by atoms with Crippen molar-refractivity contribution in [2.75, 3.05) is 36.4 Å². The minimum Gasteiger partial charge on any atom is -0.368 e. The molecule has 41 heavy (non-hydrogen) atoms. The fourth-order valence-corrected chi connectivity index (χ4v) is 5.16. The Morgan fingerprint density at radius 1 is 1.05 bits per heavy atom. The Kier molecular flexibility index (Phi) is 8.16. The lowest BCUT2D eigenvalue weighted by Gasteiger charge is -2.39. The lowest BCUT2D eigenvalue weighted by Crippen LogP contribution is -2.50. The van der Waals surface area contributed by atoms with Crippen LogP contribution < -0.4 is 10.2 Å². The van der Waals surface area contributed by atoms with E-state index in [2.05, 4.69) is 60.5 Å². The summed E-state index contributed by atoms with van der Waals surface area (Å²) in [5.41, 5.74) is 4.21. The zero-order valence-corrected chi connectivity index (χ0v) is 24.8. The maximum absolute atomic E-state index is 13.0. The number of carbonyl (C=O) groups is 1. The van der Waals surface area contributed by atoms with Crippen LogP contribution in [0.5, 0.6) is 0 Å². The number of hydrogen-bond acceptors (Lipinski definition) is 9. The molecule has 1 saturated heterocycles. The van der Waals surface area contributed by atoms with Crippen LogP contribution in [0.2, 0.25) is 0 Å². The Morgan fingerprint density at radius 3 is 2.49 bits per heavy atom. The third-order valence-corrected chi connectivity index (χ3v) is 7.71. The second-order valence-electron chi connectivity index (χ2n) is 11.6. The van der Waals surface area contributed by atoms with Gasteiger partial charge in [0.15, 0.2) is 5.82 Å². The van der Waals surface area contributed by atoms with E-state index in [1.807, 2.05) is 40.1 Å². The molecule has 0 bridgehead atoms. The second-order valence-corrected chi connectivity index (χ2v) is 11.6. The largest absolute Gasteiger partial charge is 0.368 e. The highest BCUT2D eigenvalue weighted by atomic mass is 16.5. The van der Waals surface area contributed by atoms with Crippen LogP contribution in [-0.2, 0) is 5.41 Å². The highest BCUT2D eigenvalue weighted by Crippen LogP contribution is 2.26. The number of nitrogens with zero attached hydrogens (tertiary/aromatic N) is 8. The standard InChI is InChI=1S/C30H39N9O2/c1-7-23(8-2)37-9-11-38(12-10-37)24-13-21(16-31-18-24)25-19-39(36-34-25)26-14-22(17-32-20(26)3)29(40)33-28-15-27(41-35-28)30(4,5)6/h13-19,23H,7-12H2,1-6H3,(H,33,35,40). The van der Waals surface area contributed by atoms with Crippen LogP contribution in [0.15, 0.2) is 47.5 Å². The highest BCUT2D eigenvalue weighted by molar-refractivity contribution is 6.03. The van der Waals surface area contributed by atoms with Gasteiger partial charge in [-0.3, -0.25) is 19.7 Å². The van der Waals surface area contributed by atoms with Gasteiger partial charge in [-0.15, -0.1) is 5.10 Å². The summed E-state index contributed by atoms with van der Waals surface area (Å²) in [5, 5.41) is 15.5. The lowest BCUT2D eigenvalue weighted by molar-refractivity contribution is 0.102. The molecule has 11 heteroatoms. The predicted molar refractivity (Wildman–Crippen MR) is 158 cm³/mol. The fourth-order valence-electron chi connectivity index (χ4n) is 5.16. The summed E-state index contributed by atoms with van der Waals surface area (Å²) >= 11 is 0. The average Bonchev–Trinajstić information content (AvgIpc) is 3.65. The van der Waals surface area contributed by atoms with Gasteiger partial charge in [0.05, 0.1) is 35.0 Å². The number of aryl methyl sites for hydroxylation is 1. The Hall–Kier alpha value is -4.12. The summed E-state index contributed by atoms with van der Waals surface area (Å²) in [5.74, 6) is 0.705. The first kappa shape index (κ1) is 28.4. The van der Waals surface area contributed by atoms with Gasteiger partial charge in [0.25, 0.3) is 5.91 Å². The number of rotatable bonds is 8. The van der Waals surface area contributed by atoms with E-state index in [0.29, 0.717) is 34.6 Å². The third kappa shape index (κ3) is 6.30. The van der Waals surface area contributed by atoms with E-state index in [-0.39, 0.29) is 11.3 Å². The molecule has 0 aromatic carbocycles. The predicted octanol–water partition coefficient (Wildman–Crippen LogP) is 4.88. The smallest absolute Gasteiger partial charge is 0.258 e. The molecule has 5 rings (SSSR count). The van der Waals surface area contributed by atoms with E-state index >= 15 is 0 Å². The van der Waals surface area contributed by atoms with E-state index < -0.39 is 0 Å². The minimum atomic E-state index is -0.339. The first-order chi connectivity index (χ1) is 19.7. The quantitative estimate of drug-likeness (QED) is 0.323. The maximum atomic E-state index is 13.0. The highest BCUT2D eigenvalue weighted by Gasteiger charge is 2.23. The molecule has 216 valence electrons. The molecule has 0 atom stereocenters. The van der Waals surface area contributed by atoms with Gasteiger partial charge in [-0.05, 0) is 31.9 Å². The van der Waals surface area contributed by atoms with Crippen LogP contribution in [0.25, 0.3) is 16.9 Å². The lowest BCUT2D eigenvalue weighted by atomic mass is 9.93. The summed E-state index contributed by atoms with van der Waals surface area (Å²) in [6.45, 7) is 16.5. The Labute approximate surface area is 241 Å². The van der Waals surface area contributed by atoms with E-state index in [1.165, 1.54) is 19.0 Å². The van der Waals surface area contributed by atoms with Crippen molar-refractivity contribution in [3.63, 3.8) is 0 Å². The summed E-state index contributed by atoms with van der Waals surface area (Å²) in [6, 6.07) is 6.25. The van der Waals surface area contributed by atoms with Gasteiger partial charge in [0.2, 0.25) is 0 Å². The Morgan fingerprint density at radius 2 is 1.80 bits per heavy atom. The molecule has 1 aliphatic rings. The number of aromatic nitrogens is 6. The topological polar surface area (TPSA) is 118 Å². The van der Waals surface area contributed by atoms with Crippen molar-refractivity contribution < 1.29 is 9.32 Å². The Balaban J connectivity index is 1.30. The van der Waals surface area contributed by atoms with Crippen LogP contribution in [-0.4, -0.2) is 73.1 Å². The number of piperazine rings is 1. The molecule has 0 saturated carbocycles. The number of anilines is 2. The molecular weight excluding hydrogens is 518 g/mol. The number of hydrogen-bond donors (Lipinski definition) is 1. The summed E-state index contributed by atoms with van der Waals surface area (Å²) < 4.78 is 7.02. The number of pyridine rings is 2. The van der Waals surface area contributed by atoms with Crippen molar-refractivity contribution >= 4 is 17.4 Å². The molecule has 1 N–H and O–H groups in total. The molecule has 4 aromatic rings. The van der Waals surface area contributed by atoms with Gasteiger partial charge >= 0.3 is 0 Å². The summed E-state index contributed by atoms with van der Waals surface area (Å²) in [4.78, 5) is 26.9. The molecule has 1 amide bonds. The van der Waals surface area contributed by atoms with Crippen LogP contribution in [0, 0.1) is 6.92 Å². The van der Waals surface area contributed by atoms with Crippen LogP contribution in [0.4, 0.5) is 11.5 Å². The summed E-state index contributed by atoms with van der Waals surface area (Å²) in [7, 11) is 0. The van der Waals surface area contributed by atoms with Crippen molar-refractivity contribution in [2.24, 2.45) is 0 Å². The molecule has 11 nitrogen and oxygen atoms in total. The molecule has 1 fully saturated rings. The van der Waals surface area contributed by atoms with Crippen molar-refractivity contribution in [3.8, 4) is 16.9 Å². The van der Waals surface area contributed by atoms with Crippen LogP contribution in [0.1, 0.15) is 69.3 Å². The Bertz CT molecular complexity index is 1490. The van der Waals surface area contributed by atoms with Gasteiger partial charge < -0.3 is 14.7 Å². The van der Waals surface area contributed by atoms with Crippen molar-refractivity contribution in [3.05, 3.63) is 60.0 Å². The fraction of sp³-hybridized carbons (Fsp3) is 0.467. The molecular formula is C30H39N9O2. The first-order valence-corrected chi connectivity index (χ1v) is 14.3. The third-order valence-electron chi connectivity index (χ3n) is 7.71. The zero-order chi connectivity index (χ0) is 29.1. The van der Waals surface area contributed by atoms with Gasteiger partial charge in [0, 0.05) is 61.7 Å². The molecule has 0 radical (unpaired) electrons. The summed E-state index contributed by atoms with van der Waals surface area (Å²) in [6.07, 6.45) is 9.46. The number of nitrogens with one attached hydrogen (secondary N) is 1. The minimum absolute atomic E-state index is 0.212. The monoisotopic (exact) mass is 557 g/mol. The van der Waals surface area contributed by atoms with Crippen molar-refractivity contribution in [2.45, 2.75) is 65.8 Å². The van der Waals surface area contributed by atoms with Gasteiger partial charge in [0.1, 0.15) is 11.5 Å². The molecule has 4 aromatic heterocycles. The number of amides is 1. The van der Waals surface area contributed by atoms with E-state index in [4.69, 9.17) is 4.52 Å². The molecule has 5 heterocycles. The van der Waals surface area contributed by atoms with Gasteiger partial charge in [-0.25, -0.2) is 4.68 Å². The van der Waals surface area contributed by atoms with Crippen LogP contribution >= 0.6 is 0 Å². The zero-order valence-electron chi connectivity index (χ0n) is 24.8. The molecule has 1 aliphatic heterocycles. The maximum Gasteiger partial charge on any atom is 0.258 e. The van der Waals surface area contributed by atoms with E-state index in [9.17, 15) is 4.79 Å². The normalized spacial score (nSPS) is 14.6. The van der Waals surface area contributed by atoms with Crippen molar-refractivity contribution in [1.29, 1.82) is 0 Å². The van der Waals surface area contributed by atoms with E-state index in [1.54, 1.807) is 23.0 Å². The van der Waals surface area contributed by atoms with Gasteiger partial charge in [-0.2, -0.15) is 0 Å². The molecule has 0 spiro atoms. The van der Waals surface area contributed by atoms with E-state index in [0.717, 1.165) is 43.1 Å². The van der Waals surface area contributed by atoms with Gasteiger partial charge in [-0.1, -0.05) is 45.0 Å². The van der Waals surface area contributed by atoms with Crippen LogP contribution in [0.3, 0.4) is 0 Å².